The van der Waals surface area contributed by atoms with Crippen molar-refractivity contribution in [2.75, 3.05) is 0 Å². The van der Waals surface area contributed by atoms with Crippen molar-refractivity contribution in [3.05, 3.63) is 0 Å². The second kappa shape index (κ2) is 718. The maximum atomic E-state index is 6.50. The number of rotatable bonds is 0. The van der Waals surface area contributed by atoms with Crippen LogP contribution in [0, 0.1) is 71.0 Å². The van der Waals surface area contributed by atoms with Crippen LogP contribution in [0.25, 0.3) is 0 Å². The van der Waals surface area contributed by atoms with Gasteiger partial charge in [-0.25, -0.2) is 31.6 Å². The van der Waals surface area contributed by atoms with Gasteiger partial charge in [0.05, 0.1) is 0 Å². The standard InChI is InChI=1S/6CHN.Co.Cu.Fe/c6*1-2;;;/h6*1H;;;. The van der Waals surface area contributed by atoms with Gasteiger partial charge in [0.25, 0.3) is 0 Å². The van der Waals surface area contributed by atoms with Gasteiger partial charge in [0, 0.05) is 90.3 Å². The van der Waals surface area contributed by atoms with Gasteiger partial charge in [-0.05, 0) is 0 Å². The molecule has 0 aromatic carbocycles. The molecule has 0 aliphatic rings. The molecule has 6 nitrogen and oxygen atoms in total. The molecule has 0 atom stereocenters. The second-order valence-corrected chi connectivity index (χ2v) is 0. The van der Waals surface area contributed by atoms with E-state index in [4.69, 9.17) is 31.6 Å². The van der Waals surface area contributed by atoms with Crippen LogP contribution in [-0.4, -0.2) is 0 Å². The number of nitriles is 6. The Labute approximate surface area is 121 Å². The fraction of sp³-hybridized carbons (Fsp3) is 0. The van der Waals surface area contributed by atoms with Crippen LogP contribution in [0.1, 0.15) is 0 Å². The van der Waals surface area contributed by atoms with Crippen molar-refractivity contribution in [2.45, 2.75) is 0 Å². The number of hydrogen-bond acceptors (Lipinski definition) is 6. The molecule has 0 amide bonds. The number of hydrogen-bond donors (Lipinski definition) is 0. The first-order valence-corrected chi connectivity index (χ1v) is 1.55. The van der Waals surface area contributed by atoms with Crippen LogP contribution in [0.2, 0.25) is 0 Å². The third-order valence-corrected chi connectivity index (χ3v) is 0. The average molecular weight is 340 g/mol. The molecule has 0 saturated carbocycles. The summed E-state index contributed by atoms with van der Waals surface area (Å²) in [6, 6.07) is 0. The Kier molecular flexibility index (Phi) is 5000. The van der Waals surface area contributed by atoms with Crippen molar-refractivity contribution in [3.8, 4) is 39.4 Å². The van der Waals surface area contributed by atoms with Crippen molar-refractivity contribution >= 4 is 0 Å². The molecular formula is C6H6CoCuFeN6. The van der Waals surface area contributed by atoms with E-state index in [-0.39, 0.29) is 50.9 Å². The monoisotopic (exact) mass is 340 g/mol. The summed E-state index contributed by atoms with van der Waals surface area (Å²) in [5.41, 5.74) is 0. The van der Waals surface area contributed by atoms with Crippen molar-refractivity contribution in [2.24, 2.45) is 0 Å². The zero-order chi connectivity index (χ0) is 12.0. The predicted octanol–water partition coefficient (Wildman–Crippen LogP) is 0.831. The fourth-order valence-electron chi connectivity index (χ4n) is 0. The minimum atomic E-state index is 0. The van der Waals surface area contributed by atoms with E-state index in [9.17, 15) is 0 Å². The first-order chi connectivity index (χ1) is 6.00. The van der Waals surface area contributed by atoms with Crippen molar-refractivity contribution in [1.29, 1.82) is 31.6 Å². The smallest absolute Gasteiger partial charge is 0.0462 e. The van der Waals surface area contributed by atoms with E-state index >= 15 is 0 Å². The molecule has 88 valence electrons. The second-order valence-electron chi connectivity index (χ2n) is 0. The first kappa shape index (κ1) is 104. The molecule has 0 heterocycles. The Morgan fingerprint density at radius 2 is 0.400 bits per heavy atom. The molecule has 0 spiro atoms. The summed E-state index contributed by atoms with van der Waals surface area (Å²) in [5, 5.41) is 39.0. The topological polar surface area (TPSA) is 143 Å². The molecule has 0 rings (SSSR count). The molecule has 0 aliphatic carbocycles. The van der Waals surface area contributed by atoms with E-state index < -0.39 is 0 Å². The van der Waals surface area contributed by atoms with E-state index in [1.165, 1.54) is 0 Å². The van der Waals surface area contributed by atoms with Gasteiger partial charge < -0.3 is 0 Å². The third kappa shape index (κ3) is 598. The molecule has 0 aromatic rings. The Morgan fingerprint density at radius 1 is 0.400 bits per heavy atom. The van der Waals surface area contributed by atoms with Crippen LogP contribution in [0.15, 0.2) is 0 Å². The Bertz CT molecular complexity index is 103. The minimum Gasteiger partial charge on any atom is -0.202 e. The van der Waals surface area contributed by atoms with E-state index in [0.717, 1.165) is 0 Å². The van der Waals surface area contributed by atoms with Crippen molar-refractivity contribution in [1.82, 2.24) is 0 Å². The van der Waals surface area contributed by atoms with Gasteiger partial charge in [-0.2, -0.15) is 0 Å². The number of nitrogens with zero attached hydrogens (tertiary/aromatic N) is 6. The molecule has 0 bridgehead atoms. The molecule has 9 heteroatoms. The molecule has 0 aliphatic heterocycles. The average Bonchev–Trinajstić information content (AvgIpc) is 2.33. The summed E-state index contributed by atoms with van der Waals surface area (Å²) < 4.78 is 0. The third-order valence-electron chi connectivity index (χ3n) is 0. The van der Waals surface area contributed by atoms with Gasteiger partial charge in [-0.1, -0.05) is 0 Å². The van der Waals surface area contributed by atoms with Gasteiger partial charge in [-0.15, -0.1) is 0 Å². The summed E-state index contributed by atoms with van der Waals surface area (Å²) in [5.74, 6) is 0. The predicted molar refractivity (Wildman–Crippen MR) is 40.0 cm³/mol. The van der Waals surface area contributed by atoms with E-state index in [1.807, 2.05) is 0 Å². The van der Waals surface area contributed by atoms with Gasteiger partial charge >= 0.3 is 0 Å². The molecule has 0 saturated heterocycles. The Hall–Kier alpha value is -1.51. The zero-order valence-electron chi connectivity index (χ0n) is 7.14. The Balaban J connectivity index is -0.00000000396. The molecule has 15 heavy (non-hydrogen) atoms. The normalized spacial score (nSPS) is 0.800. The maximum absolute atomic E-state index is 6.50. The molecule has 0 unspecified atom stereocenters. The summed E-state index contributed by atoms with van der Waals surface area (Å²) in [4.78, 5) is 0. The van der Waals surface area contributed by atoms with Gasteiger partial charge in [0.15, 0.2) is 0 Å². The Morgan fingerprint density at radius 3 is 0.400 bits per heavy atom. The van der Waals surface area contributed by atoms with Crippen LogP contribution in [0.5, 0.6) is 0 Å². The van der Waals surface area contributed by atoms with Crippen LogP contribution in [0.4, 0.5) is 0 Å². The summed E-state index contributed by atoms with van der Waals surface area (Å²) in [6.07, 6.45) is 0. The molecule has 2 radical (unpaired) electrons. The summed E-state index contributed by atoms with van der Waals surface area (Å²) >= 11 is 0. The largest absolute Gasteiger partial charge is 0.202 e. The van der Waals surface area contributed by atoms with Crippen molar-refractivity contribution in [3.63, 3.8) is 0 Å². The summed E-state index contributed by atoms with van der Waals surface area (Å²) in [6.45, 7) is 21.0. The maximum Gasteiger partial charge on any atom is 0.0462 e. The van der Waals surface area contributed by atoms with Crippen LogP contribution < -0.4 is 0 Å². The van der Waals surface area contributed by atoms with Crippen LogP contribution in [0.3, 0.4) is 0 Å². The molecular weight excluding hydrogens is 334 g/mol. The molecule has 0 fully saturated rings. The molecule has 0 aromatic heterocycles. The molecule has 0 N–H and O–H groups in total. The zero-order valence-corrected chi connectivity index (χ0v) is 10.2. The SMILES string of the molecule is C#N.C#N.C#N.C#N.C#N.C#N.[Co].[Cu].[Fe]. The quantitative estimate of drug-likeness (QED) is 0.597. The van der Waals surface area contributed by atoms with Crippen molar-refractivity contribution < 1.29 is 50.9 Å². The van der Waals surface area contributed by atoms with E-state index in [0.29, 0.717) is 0 Å². The van der Waals surface area contributed by atoms with Gasteiger partial charge in [0.2, 0.25) is 0 Å². The fourth-order valence-corrected chi connectivity index (χ4v) is 0. The minimum absolute atomic E-state index is 0. The van der Waals surface area contributed by atoms with Gasteiger partial charge in [0.1, 0.15) is 0 Å². The first-order valence-electron chi connectivity index (χ1n) is 1.55. The van der Waals surface area contributed by atoms with Crippen LogP contribution >= 0.6 is 0 Å². The van der Waals surface area contributed by atoms with E-state index in [1.54, 1.807) is 0 Å². The van der Waals surface area contributed by atoms with Gasteiger partial charge in [-0.3, -0.25) is 0 Å². The van der Waals surface area contributed by atoms with Crippen LogP contribution in [-0.2, 0) is 50.9 Å². The summed E-state index contributed by atoms with van der Waals surface area (Å²) in [7, 11) is 0. The van der Waals surface area contributed by atoms with E-state index in [2.05, 4.69) is 39.4 Å².